The standard InChI is InChI=1S/C8H11BrN4OS/c1-12-6(7(9)10-11-12)8(14)13-2-4-15-5-3-13/h2-5H2,1H3. The topological polar surface area (TPSA) is 51.0 Å². The summed E-state index contributed by atoms with van der Waals surface area (Å²) >= 11 is 5.12. The van der Waals surface area contributed by atoms with Gasteiger partial charge in [0, 0.05) is 31.6 Å². The van der Waals surface area contributed by atoms with Crippen molar-refractivity contribution < 1.29 is 4.79 Å². The quantitative estimate of drug-likeness (QED) is 0.767. The minimum atomic E-state index is 0.00896. The molecular weight excluding hydrogens is 280 g/mol. The lowest BCUT2D eigenvalue weighted by Gasteiger charge is -2.26. The normalized spacial score (nSPS) is 16.8. The maximum absolute atomic E-state index is 12.1. The third-order valence-electron chi connectivity index (χ3n) is 2.29. The number of carbonyl (C=O) groups is 1. The van der Waals surface area contributed by atoms with Crippen LogP contribution in [0.25, 0.3) is 0 Å². The van der Waals surface area contributed by atoms with E-state index in [1.165, 1.54) is 4.68 Å². The van der Waals surface area contributed by atoms with Gasteiger partial charge >= 0.3 is 0 Å². The van der Waals surface area contributed by atoms with Crippen molar-refractivity contribution in [3.05, 3.63) is 10.3 Å². The lowest BCUT2D eigenvalue weighted by Crippen LogP contribution is -2.38. The Morgan fingerprint density at radius 2 is 2.13 bits per heavy atom. The van der Waals surface area contributed by atoms with Crippen LogP contribution in [-0.4, -0.2) is 50.4 Å². The molecule has 0 N–H and O–H groups in total. The summed E-state index contributed by atoms with van der Waals surface area (Å²) in [4.78, 5) is 13.9. The van der Waals surface area contributed by atoms with E-state index >= 15 is 0 Å². The minimum absolute atomic E-state index is 0.00896. The lowest BCUT2D eigenvalue weighted by atomic mass is 10.3. The van der Waals surface area contributed by atoms with Crippen LogP contribution < -0.4 is 0 Å². The molecule has 1 aliphatic heterocycles. The van der Waals surface area contributed by atoms with Gasteiger partial charge in [0.05, 0.1) is 0 Å². The summed E-state index contributed by atoms with van der Waals surface area (Å²) in [6, 6.07) is 0. The predicted octanol–water partition coefficient (Wildman–Crippen LogP) is 0.767. The van der Waals surface area contributed by atoms with Gasteiger partial charge in [-0.25, -0.2) is 4.68 Å². The van der Waals surface area contributed by atoms with Crippen LogP contribution in [0.5, 0.6) is 0 Å². The Bertz CT molecular complexity index is 355. The predicted molar refractivity (Wildman–Crippen MR) is 61.9 cm³/mol. The van der Waals surface area contributed by atoms with E-state index in [1.54, 1.807) is 7.05 Å². The Labute approximate surface area is 100 Å². The fourth-order valence-electron chi connectivity index (χ4n) is 1.47. The molecule has 0 aromatic carbocycles. The molecule has 5 nitrogen and oxygen atoms in total. The summed E-state index contributed by atoms with van der Waals surface area (Å²) in [5, 5.41) is 7.61. The van der Waals surface area contributed by atoms with Crippen LogP contribution in [0, 0.1) is 0 Å². The van der Waals surface area contributed by atoms with E-state index in [2.05, 4.69) is 26.2 Å². The smallest absolute Gasteiger partial charge is 0.275 e. The summed E-state index contributed by atoms with van der Waals surface area (Å²) in [5.74, 6) is 2.03. The average Bonchev–Trinajstić information content (AvgIpc) is 2.59. The average molecular weight is 291 g/mol. The zero-order chi connectivity index (χ0) is 10.8. The fourth-order valence-corrected chi connectivity index (χ4v) is 2.88. The molecule has 1 amide bonds. The highest BCUT2D eigenvalue weighted by atomic mass is 79.9. The minimum Gasteiger partial charge on any atom is -0.336 e. The number of hydrogen-bond acceptors (Lipinski definition) is 4. The first-order valence-corrected chi connectivity index (χ1v) is 6.57. The summed E-state index contributed by atoms with van der Waals surface area (Å²) in [7, 11) is 1.73. The Morgan fingerprint density at radius 1 is 1.47 bits per heavy atom. The van der Waals surface area contributed by atoms with Crippen LogP contribution >= 0.6 is 27.7 Å². The molecule has 0 aliphatic carbocycles. The van der Waals surface area contributed by atoms with E-state index in [4.69, 9.17) is 0 Å². The zero-order valence-corrected chi connectivity index (χ0v) is 10.7. The van der Waals surface area contributed by atoms with Crippen molar-refractivity contribution >= 4 is 33.6 Å². The maximum atomic E-state index is 12.1. The zero-order valence-electron chi connectivity index (χ0n) is 8.31. The van der Waals surface area contributed by atoms with Gasteiger partial charge in [-0.3, -0.25) is 4.79 Å². The summed E-state index contributed by atoms with van der Waals surface area (Å²) in [6.07, 6.45) is 0. The first-order chi connectivity index (χ1) is 7.20. The van der Waals surface area contributed by atoms with Gasteiger partial charge in [-0.1, -0.05) is 5.21 Å². The van der Waals surface area contributed by atoms with Gasteiger partial charge in [-0.05, 0) is 15.9 Å². The molecule has 2 heterocycles. The molecule has 15 heavy (non-hydrogen) atoms. The Balaban J connectivity index is 2.19. The van der Waals surface area contributed by atoms with E-state index in [1.807, 2.05) is 16.7 Å². The second kappa shape index (κ2) is 4.52. The van der Waals surface area contributed by atoms with Gasteiger partial charge < -0.3 is 4.90 Å². The van der Waals surface area contributed by atoms with Crippen molar-refractivity contribution in [2.45, 2.75) is 0 Å². The summed E-state index contributed by atoms with van der Waals surface area (Å²) in [5.41, 5.74) is 0.530. The van der Waals surface area contributed by atoms with E-state index in [9.17, 15) is 4.79 Å². The molecule has 0 radical (unpaired) electrons. The molecular formula is C8H11BrN4OS. The second-order valence-corrected chi connectivity index (χ2v) is 5.23. The first-order valence-electron chi connectivity index (χ1n) is 4.62. The van der Waals surface area contributed by atoms with Crippen LogP contribution in [0.3, 0.4) is 0 Å². The second-order valence-electron chi connectivity index (χ2n) is 3.26. The molecule has 1 aromatic rings. The van der Waals surface area contributed by atoms with E-state index in [-0.39, 0.29) is 5.91 Å². The molecule has 0 saturated carbocycles. The van der Waals surface area contributed by atoms with Gasteiger partial charge in [0.2, 0.25) is 0 Å². The van der Waals surface area contributed by atoms with Crippen molar-refractivity contribution in [3.63, 3.8) is 0 Å². The number of aryl methyl sites for hydroxylation is 1. The molecule has 82 valence electrons. The third kappa shape index (κ3) is 2.17. The van der Waals surface area contributed by atoms with Gasteiger partial charge in [0.15, 0.2) is 10.3 Å². The molecule has 0 spiro atoms. The molecule has 0 unspecified atom stereocenters. The highest BCUT2D eigenvalue weighted by molar-refractivity contribution is 9.10. The summed E-state index contributed by atoms with van der Waals surface area (Å²) < 4.78 is 2.03. The van der Waals surface area contributed by atoms with Gasteiger partial charge in [0.25, 0.3) is 5.91 Å². The number of thioether (sulfide) groups is 1. The first kappa shape index (κ1) is 10.9. The molecule has 0 bridgehead atoms. The molecule has 7 heteroatoms. The highest BCUT2D eigenvalue weighted by Crippen LogP contribution is 2.17. The number of halogens is 1. The molecule has 1 aromatic heterocycles. The molecule has 0 atom stereocenters. The number of rotatable bonds is 1. The molecule has 2 rings (SSSR count). The van der Waals surface area contributed by atoms with E-state index in [0.717, 1.165) is 24.6 Å². The Morgan fingerprint density at radius 3 is 2.67 bits per heavy atom. The number of hydrogen-bond donors (Lipinski definition) is 0. The number of amides is 1. The summed E-state index contributed by atoms with van der Waals surface area (Å²) in [6.45, 7) is 1.61. The molecule has 1 saturated heterocycles. The van der Waals surface area contributed by atoms with Crippen LogP contribution in [-0.2, 0) is 7.05 Å². The highest BCUT2D eigenvalue weighted by Gasteiger charge is 2.24. The van der Waals surface area contributed by atoms with Crippen molar-refractivity contribution in [2.75, 3.05) is 24.6 Å². The monoisotopic (exact) mass is 290 g/mol. The largest absolute Gasteiger partial charge is 0.336 e. The van der Waals surface area contributed by atoms with E-state index in [0.29, 0.717) is 10.3 Å². The van der Waals surface area contributed by atoms with Crippen LogP contribution in [0.15, 0.2) is 4.60 Å². The van der Waals surface area contributed by atoms with Crippen LogP contribution in [0.4, 0.5) is 0 Å². The molecule has 1 aliphatic rings. The number of nitrogens with zero attached hydrogens (tertiary/aromatic N) is 4. The van der Waals surface area contributed by atoms with Crippen molar-refractivity contribution in [1.29, 1.82) is 0 Å². The number of aromatic nitrogens is 3. The van der Waals surface area contributed by atoms with Crippen molar-refractivity contribution in [2.24, 2.45) is 7.05 Å². The van der Waals surface area contributed by atoms with Gasteiger partial charge in [-0.2, -0.15) is 11.8 Å². The third-order valence-corrected chi connectivity index (χ3v) is 3.76. The Hall–Kier alpha value is -0.560. The van der Waals surface area contributed by atoms with Crippen LogP contribution in [0.2, 0.25) is 0 Å². The fraction of sp³-hybridized carbons (Fsp3) is 0.625. The van der Waals surface area contributed by atoms with Gasteiger partial charge in [0.1, 0.15) is 0 Å². The van der Waals surface area contributed by atoms with Gasteiger partial charge in [-0.15, -0.1) is 5.10 Å². The van der Waals surface area contributed by atoms with Crippen molar-refractivity contribution in [1.82, 2.24) is 19.9 Å². The Kier molecular flexibility index (Phi) is 3.30. The van der Waals surface area contributed by atoms with Crippen molar-refractivity contribution in [3.8, 4) is 0 Å². The van der Waals surface area contributed by atoms with Crippen LogP contribution in [0.1, 0.15) is 10.5 Å². The lowest BCUT2D eigenvalue weighted by molar-refractivity contribution is 0.0760. The molecule has 1 fully saturated rings. The maximum Gasteiger partial charge on any atom is 0.275 e. The van der Waals surface area contributed by atoms with E-state index < -0.39 is 0 Å². The number of carbonyl (C=O) groups excluding carboxylic acids is 1. The SMILES string of the molecule is Cn1nnc(Br)c1C(=O)N1CCSCC1.